The van der Waals surface area contributed by atoms with E-state index < -0.39 is 11.5 Å². The molecule has 0 heterocycles. The maximum absolute atomic E-state index is 12.2. The maximum atomic E-state index is 12.2. The molecule has 1 aliphatic rings. The molecule has 0 unspecified atom stereocenters. The first-order valence-corrected chi connectivity index (χ1v) is 7.35. The number of hydrogen-bond acceptors (Lipinski definition) is 4. The van der Waals surface area contributed by atoms with Crippen molar-refractivity contribution in [2.24, 2.45) is 0 Å². The number of hydrogen-bond donors (Lipinski definition) is 2. The first kappa shape index (κ1) is 16.3. The Kier molecular flexibility index (Phi) is 5.38. The van der Waals surface area contributed by atoms with Gasteiger partial charge in [-0.1, -0.05) is 12.8 Å². The van der Waals surface area contributed by atoms with Gasteiger partial charge in [-0.2, -0.15) is 0 Å². The molecule has 1 aliphatic carbocycles. The third-order valence-electron chi connectivity index (χ3n) is 3.89. The minimum Gasteiger partial charge on any atom is -0.491 e. The Morgan fingerprint density at radius 1 is 1.18 bits per heavy atom. The average Bonchev–Trinajstić information content (AvgIpc) is 2.98. The Hall–Kier alpha value is -2.08. The molecule has 0 saturated heterocycles. The van der Waals surface area contributed by atoms with E-state index in [2.05, 4.69) is 5.32 Å². The summed E-state index contributed by atoms with van der Waals surface area (Å²) in [5.74, 6) is -0.687. The molecule has 6 nitrogen and oxygen atoms in total. The molecule has 0 bridgehead atoms. The predicted molar refractivity (Wildman–Crippen MR) is 80.1 cm³/mol. The molecule has 1 aromatic carbocycles. The molecular formula is C16H21NO5. The van der Waals surface area contributed by atoms with Gasteiger partial charge in [0, 0.05) is 12.7 Å². The lowest BCUT2D eigenvalue weighted by Gasteiger charge is -2.25. The molecular weight excluding hydrogens is 286 g/mol. The zero-order chi connectivity index (χ0) is 16.0. The highest BCUT2D eigenvalue weighted by Crippen LogP contribution is 2.30. The highest BCUT2D eigenvalue weighted by atomic mass is 16.5. The molecule has 0 aromatic heterocycles. The fraction of sp³-hybridized carbons (Fsp3) is 0.500. The average molecular weight is 307 g/mol. The summed E-state index contributed by atoms with van der Waals surface area (Å²) in [4.78, 5) is 23.7. The zero-order valence-corrected chi connectivity index (χ0v) is 12.6. The molecule has 0 radical (unpaired) electrons. The molecule has 1 saturated carbocycles. The van der Waals surface area contributed by atoms with E-state index in [9.17, 15) is 14.7 Å². The molecule has 2 rings (SSSR count). The summed E-state index contributed by atoms with van der Waals surface area (Å²) >= 11 is 0. The zero-order valence-electron chi connectivity index (χ0n) is 12.6. The van der Waals surface area contributed by atoms with Crippen LogP contribution in [0.4, 0.5) is 0 Å². The van der Waals surface area contributed by atoms with Crippen LogP contribution in [-0.4, -0.2) is 42.8 Å². The van der Waals surface area contributed by atoms with Crippen LogP contribution in [0.25, 0.3) is 0 Å². The summed E-state index contributed by atoms with van der Waals surface area (Å²) in [5, 5.41) is 12.1. The fourth-order valence-corrected chi connectivity index (χ4v) is 2.61. The quantitative estimate of drug-likeness (QED) is 0.751. The number of ether oxygens (including phenoxy) is 2. The van der Waals surface area contributed by atoms with Crippen molar-refractivity contribution >= 4 is 11.9 Å². The second-order valence-electron chi connectivity index (χ2n) is 5.41. The lowest BCUT2D eigenvalue weighted by Crippen LogP contribution is -2.52. The maximum Gasteiger partial charge on any atom is 0.329 e. The van der Waals surface area contributed by atoms with Gasteiger partial charge in [0.2, 0.25) is 0 Å². The number of amides is 1. The van der Waals surface area contributed by atoms with E-state index in [-0.39, 0.29) is 5.91 Å². The van der Waals surface area contributed by atoms with Crippen LogP contribution in [0.5, 0.6) is 5.75 Å². The Bertz CT molecular complexity index is 520. The van der Waals surface area contributed by atoms with Crippen LogP contribution in [0.3, 0.4) is 0 Å². The molecule has 6 heteroatoms. The largest absolute Gasteiger partial charge is 0.491 e. The minimum absolute atomic E-state index is 0.368. The number of methoxy groups -OCH3 is 1. The predicted octanol–water partition coefficient (Wildman–Crippen LogP) is 1.84. The van der Waals surface area contributed by atoms with Crippen LogP contribution in [0.2, 0.25) is 0 Å². The summed E-state index contributed by atoms with van der Waals surface area (Å²) in [5.41, 5.74) is -0.698. The monoisotopic (exact) mass is 307 g/mol. The third kappa shape index (κ3) is 3.76. The van der Waals surface area contributed by atoms with E-state index >= 15 is 0 Å². The van der Waals surface area contributed by atoms with Crippen LogP contribution in [-0.2, 0) is 9.53 Å². The lowest BCUT2D eigenvalue weighted by atomic mass is 9.97. The summed E-state index contributed by atoms with van der Waals surface area (Å²) in [6.07, 6.45) is 2.59. The second-order valence-corrected chi connectivity index (χ2v) is 5.41. The first-order chi connectivity index (χ1) is 10.6. The van der Waals surface area contributed by atoms with E-state index in [4.69, 9.17) is 9.47 Å². The smallest absolute Gasteiger partial charge is 0.329 e. The molecule has 1 fully saturated rings. The van der Waals surface area contributed by atoms with Gasteiger partial charge in [-0.05, 0) is 37.1 Å². The van der Waals surface area contributed by atoms with E-state index in [1.807, 2.05) is 0 Å². The van der Waals surface area contributed by atoms with Crippen molar-refractivity contribution < 1.29 is 24.2 Å². The Balaban J connectivity index is 1.99. The van der Waals surface area contributed by atoms with Crippen LogP contribution >= 0.6 is 0 Å². The molecule has 0 aliphatic heterocycles. The summed E-state index contributed by atoms with van der Waals surface area (Å²) in [6, 6.07) is 6.63. The first-order valence-electron chi connectivity index (χ1n) is 7.35. The van der Waals surface area contributed by atoms with Crippen LogP contribution < -0.4 is 10.1 Å². The lowest BCUT2D eigenvalue weighted by molar-refractivity contribution is -0.144. The topological polar surface area (TPSA) is 84.9 Å². The molecule has 120 valence electrons. The van der Waals surface area contributed by atoms with Gasteiger partial charge in [-0.3, -0.25) is 4.79 Å². The summed E-state index contributed by atoms with van der Waals surface area (Å²) in [7, 11) is 1.60. The second kappa shape index (κ2) is 7.26. The number of benzene rings is 1. The van der Waals surface area contributed by atoms with E-state index in [0.29, 0.717) is 37.4 Å². The highest BCUT2D eigenvalue weighted by Gasteiger charge is 2.42. The molecule has 1 aromatic rings. The highest BCUT2D eigenvalue weighted by molar-refractivity contribution is 5.98. The number of carbonyl (C=O) groups is 2. The minimum atomic E-state index is -1.12. The SMILES string of the molecule is COCCOc1ccc(C(=O)NC2(C(=O)O)CCCC2)cc1. The number of nitrogens with one attached hydrogen (secondary N) is 1. The Labute approximate surface area is 129 Å². The van der Waals surface area contributed by atoms with Gasteiger partial charge in [0.25, 0.3) is 5.91 Å². The van der Waals surface area contributed by atoms with E-state index in [1.165, 1.54) is 0 Å². The van der Waals surface area contributed by atoms with Crippen molar-refractivity contribution in [1.29, 1.82) is 0 Å². The number of carboxylic acid groups (broad SMARTS) is 1. The van der Waals surface area contributed by atoms with Crippen molar-refractivity contribution in [2.75, 3.05) is 20.3 Å². The van der Waals surface area contributed by atoms with Gasteiger partial charge < -0.3 is 19.9 Å². The Morgan fingerprint density at radius 2 is 1.82 bits per heavy atom. The van der Waals surface area contributed by atoms with Gasteiger partial charge in [-0.25, -0.2) is 4.79 Å². The van der Waals surface area contributed by atoms with Crippen LogP contribution in [0.1, 0.15) is 36.0 Å². The van der Waals surface area contributed by atoms with Gasteiger partial charge in [0.05, 0.1) is 6.61 Å². The van der Waals surface area contributed by atoms with Crippen LogP contribution in [0, 0.1) is 0 Å². The van der Waals surface area contributed by atoms with E-state index in [1.54, 1.807) is 31.4 Å². The molecule has 2 N–H and O–H groups in total. The van der Waals surface area contributed by atoms with Crippen molar-refractivity contribution in [1.82, 2.24) is 5.32 Å². The Morgan fingerprint density at radius 3 is 2.36 bits per heavy atom. The normalized spacial score (nSPS) is 16.2. The molecule has 0 atom stereocenters. The van der Waals surface area contributed by atoms with Crippen molar-refractivity contribution in [3.63, 3.8) is 0 Å². The van der Waals surface area contributed by atoms with Crippen molar-refractivity contribution in [3.8, 4) is 5.75 Å². The van der Waals surface area contributed by atoms with E-state index in [0.717, 1.165) is 12.8 Å². The van der Waals surface area contributed by atoms with Gasteiger partial charge >= 0.3 is 5.97 Å². The van der Waals surface area contributed by atoms with Gasteiger partial charge in [0.15, 0.2) is 0 Å². The summed E-state index contributed by atoms with van der Waals surface area (Å²) in [6.45, 7) is 0.924. The molecule has 22 heavy (non-hydrogen) atoms. The number of rotatable bonds is 7. The van der Waals surface area contributed by atoms with Gasteiger partial charge in [-0.15, -0.1) is 0 Å². The summed E-state index contributed by atoms with van der Waals surface area (Å²) < 4.78 is 10.3. The van der Waals surface area contributed by atoms with Crippen LogP contribution in [0.15, 0.2) is 24.3 Å². The fourth-order valence-electron chi connectivity index (χ4n) is 2.61. The number of aliphatic carboxylic acids is 1. The van der Waals surface area contributed by atoms with Crippen molar-refractivity contribution in [2.45, 2.75) is 31.2 Å². The molecule has 0 spiro atoms. The van der Waals surface area contributed by atoms with Crippen molar-refractivity contribution in [3.05, 3.63) is 29.8 Å². The number of carbonyl (C=O) groups excluding carboxylic acids is 1. The standard InChI is InChI=1S/C16H21NO5/c1-21-10-11-22-13-6-4-12(5-7-13)14(18)17-16(15(19)20)8-2-3-9-16/h4-7H,2-3,8-11H2,1H3,(H,17,18)(H,19,20). The molecule has 1 amide bonds. The van der Waals surface area contributed by atoms with Gasteiger partial charge in [0.1, 0.15) is 17.9 Å². The third-order valence-corrected chi connectivity index (χ3v) is 3.89. The number of carboxylic acids is 1.